The lowest BCUT2D eigenvalue weighted by molar-refractivity contribution is -0.123. The molecule has 0 saturated carbocycles. The van der Waals surface area contributed by atoms with Crippen molar-refractivity contribution in [2.45, 2.75) is 26.7 Å². The Kier molecular flexibility index (Phi) is 4.38. The van der Waals surface area contributed by atoms with Gasteiger partial charge in [0, 0.05) is 13.1 Å². The minimum Gasteiger partial charge on any atom is -0.369 e. The molecule has 6 nitrogen and oxygen atoms in total. The molecule has 24 heavy (non-hydrogen) atoms. The average Bonchev–Trinajstić information content (AvgIpc) is 2.96. The third-order valence-corrected chi connectivity index (χ3v) is 4.63. The summed E-state index contributed by atoms with van der Waals surface area (Å²) in [6.45, 7) is 4.96. The van der Waals surface area contributed by atoms with Crippen molar-refractivity contribution in [3.05, 3.63) is 47.3 Å². The summed E-state index contributed by atoms with van der Waals surface area (Å²) in [7, 11) is 0. The fraction of sp³-hybridized carbons (Fsp3) is 0.389. The minimum absolute atomic E-state index is 0.0863. The first-order chi connectivity index (χ1) is 11.5. The average molecular weight is 326 g/mol. The molecule has 1 aromatic heterocycles. The van der Waals surface area contributed by atoms with Gasteiger partial charge in [0.1, 0.15) is 0 Å². The highest BCUT2D eigenvalue weighted by atomic mass is 16.2. The zero-order chi connectivity index (χ0) is 17.3. The van der Waals surface area contributed by atoms with E-state index in [9.17, 15) is 9.59 Å². The van der Waals surface area contributed by atoms with Gasteiger partial charge in [0.2, 0.25) is 5.91 Å². The molecule has 1 aromatic carbocycles. The molecule has 0 aliphatic carbocycles. The van der Waals surface area contributed by atoms with E-state index in [0.717, 1.165) is 24.2 Å². The Morgan fingerprint density at radius 3 is 2.58 bits per heavy atom. The maximum absolute atomic E-state index is 12.8. The second kappa shape index (κ2) is 6.47. The minimum atomic E-state index is -0.334. The Morgan fingerprint density at radius 1 is 1.21 bits per heavy atom. The standard InChI is InChI=1S/C18H22N4O2/c1-12-5-7-15(8-6-12)22-13(2)16(10-20-22)18(24)21-9-3-4-14(11-21)17(19)23/h5-8,10,14H,3-4,9,11H2,1-2H3,(H2,19,23). The number of primary amides is 1. The van der Waals surface area contributed by atoms with Crippen LogP contribution >= 0.6 is 0 Å². The number of piperidine rings is 1. The van der Waals surface area contributed by atoms with Crippen LogP contribution in [0.15, 0.2) is 30.5 Å². The van der Waals surface area contributed by atoms with Crippen LogP contribution in [0, 0.1) is 19.8 Å². The Bertz CT molecular complexity index is 764. The van der Waals surface area contributed by atoms with Crippen molar-refractivity contribution in [2.75, 3.05) is 13.1 Å². The van der Waals surface area contributed by atoms with Crippen LogP contribution in [0.3, 0.4) is 0 Å². The molecular formula is C18H22N4O2. The first kappa shape index (κ1) is 16.2. The number of carbonyl (C=O) groups excluding carboxylic acids is 2. The van der Waals surface area contributed by atoms with Gasteiger partial charge in [-0.25, -0.2) is 4.68 Å². The van der Waals surface area contributed by atoms with Gasteiger partial charge in [-0.3, -0.25) is 9.59 Å². The third kappa shape index (κ3) is 3.04. The van der Waals surface area contributed by atoms with Crippen LogP contribution in [0.2, 0.25) is 0 Å². The summed E-state index contributed by atoms with van der Waals surface area (Å²) in [5.41, 5.74) is 8.86. The van der Waals surface area contributed by atoms with E-state index < -0.39 is 0 Å². The second-order valence-electron chi connectivity index (χ2n) is 6.38. The van der Waals surface area contributed by atoms with E-state index >= 15 is 0 Å². The number of likely N-dealkylation sites (tertiary alicyclic amines) is 1. The van der Waals surface area contributed by atoms with Crippen LogP contribution in [0.1, 0.15) is 34.5 Å². The third-order valence-electron chi connectivity index (χ3n) is 4.63. The molecule has 126 valence electrons. The van der Waals surface area contributed by atoms with Gasteiger partial charge in [-0.05, 0) is 38.8 Å². The molecule has 1 saturated heterocycles. The molecule has 0 bridgehead atoms. The van der Waals surface area contributed by atoms with E-state index in [0.29, 0.717) is 18.7 Å². The van der Waals surface area contributed by atoms with Crippen molar-refractivity contribution in [2.24, 2.45) is 11.7 Å². The van der Waals surface area contributed by atoms with E-state index in [4.69, 9.17) is 5.73 Å². The zero-order valence-corrected chi connectivity index (χ0v) is 14.0. The highest BCUT2D eigenvalue weighted by Gasteiger charge is 2.29. The van der Waals surface area contributed by atoms with Crippen molar-refractivity contribution in [3.8, 4) is 5.69 Å². The first-order valence-electron chi connectivity index (χ1n) is 8.17. The van der Waals surface area contributed by atoms with Crippen LogP contribution < -0.4 is 5.73 Å². The number of aromatic nitrogens is 2. The topological polar surface area (TPSA) is 81.2 Å². The monoisotopic (exact) mass is 326 g/mol. The van der Waals surface area contributed by atoms with E-state index in [1.807, 2.05) is 38.1 Å². The summed E-state index contributed by atoms with van der Waals surface area (Å²) in [6.07, 6.45) is 3.15. The van der Waals surface area contributed by atoms with Crippen LogP contribution in [-0.2, 0) is 4.79 Å². The zero-order valence-electron chi connectivity index (χ0n) is 14.0. The Morgan fingerprint density at radius 2 is 1.92 bits per heavy atom. The quantitative estimate of drug-likeness (QED) is 0.934. The molecule has 1 fully saturated rings. The second-order valence-corrected chi connectivity index (χ2v) is 6.38. The molecule has 3 rings (SSSR count). The molecule has 1 atom stereocenters. The molecule has 2 amide bonds. The molecule has 2 aromatic rings. The molecule has 6 heteroatoms. The summed E-state index contributed by atoms with van der Waals surface area (Å²) in [5.74, 6) is -0.675. The number of amides is 2. The van der Waals surface area contributed by atoms with Gasteiger partial charge < -0.3 is 10.6 Å². The number of hydrogen-bond acceptors (Lipinski definition) is 3. The predicted molar refractivity (Wildman–Crippen MR) is 90.9 cm³/mol. The summed E-state index contributed by atoms with van der Waals surface area (Å²) < 4.78 is 1.77. The molecule has 0 spiro atoms. The van der Waals surface area contributed by atoms with Crippen LogP contribution in [-0.4, -0.2) is 39.6 Å². The molecule has 2 heterocycles. The van der Waals surface area contributed by atoms with Gasteiger partial charge in [-0.1, -0.05) is 17.7 Å². The van der Waals surface area contributed by atoms with E-state index in [2.05, 4.69) is 5.10 Å². The lowest BCUT2D eigenvalue weighted by atomic mass is 9.97. The molecule has 2 N–H and O–H groups in total. The van der Waals surface area contributed by atoms with Crippen molar-refractivity contribution >= 4 is 11.8 Å². The lowest BCUT2D eigenvalue weighted by Gasteiger charge is -2.31. The summed E-state index contributed by atoms with van der Waals surface area (Å²) in [4.78, 5) is 25.9. The number of benzene rings is 1. The van der Waals surface area contributed by atoms with Crippen molar-refractivity contribution in [3.63, 3.8) is 0 Å². The largest absolute Gasteiger partial charge is 0.369 e. The van der Waals surface area contributed by atoms with Gasteiger partial charge >= 0.3 is 0 Å². The normalized spacial score (nSPS) is 17.8. The van der Waals surface area contributed by atoms with Gasteiger partial charge in [0.05, 0.1) is 29.1 Å². The van der Waals surface area contributed by atoms with Gasteiger partial charge in [0.25, 0.3) is 5.91 Å². The number of carbonyl (C=O) groups is 2. The predicted octanol–water partition coefficient (Wildman–Crippen LogP) is 1.83. The highest BCUT2D eigenvalue weighted by molar-refractivity contribution is 5.95. The smallest absolute Gasteiger partial charge is 0.257 e. The van der Waals surface area contributed by atoms with Gasteiger partial charge in [0.15, 0.2) is 0 Å². The van der Waals surface area contributed by atoms with E-state index in [1.54, 1.807) is 15.8 Å². The Balaban J connectivity index is 1.83. The molecule has 0 radical (unpaired) electrons. The summed E-state index contributed by atoms with van der Waals surface area (Å²) in [5, 5.41) is 4.36. The lowest BCUT2D eigenvalue weighted by Crippen LogP contribution is -2.44. The van der Waals surface area contributed by atoms with Crippen molar-refractivity contribution in [1.82, 2.24) is 14.7 Å². The van der Waals surface area contributed by atoms with Gasteiger partial charge in [-0.15, -0.1) is 0 Å². The highest BCUT2D eigenvalue weighted by Crippen LogP contribution is 2.21. The maximum atomic E-state index is 12.8. The van der Waals surface area contributed by atoms with Crippen molar-refractivity contribution in [1.29, 1.82) is 0 Å². The van der Waals surface area contributed by atoms with Crippen molar-refractivity contribution < 1.29 is 9.59 Å². The van der Waals surface area contributed by atoms with E-state index in [-0.39, 0.29) is 17.7 Å². The molecule has 1 aliphatic rings. The van der Waals surface area contributed by atoms with Crippen LogP contribution in [0.4, 0.5) is 0 Å². The van der Waals surface area contributed by atoms with Gasteiger partial charge in [-0.2, -0.15) is 5.10 Å². The number of nitrogens with zero attached hydrogens (tertiary/aromatic N) is 3. The SMILES string of the molecule is Cc1ccc(-n2ncc(C(=O)N3CCCC(C(N)=O)C3)c2C)cc1. The summed E-state index contributed by atoms with van der Waals surface area (Å²) >= 11 is 0. The first-order valence-corrected chi connectivity index (χ1v) is 8.17. The fourth-order valence-corrected chi connectivity index (χ4v) is 3.13. The maximum Gasteiger partial charge on any atom is 0.257 e. The Hall–Kier alpha value is -2.63. The number of nitrogens with two attached hydrogens (primary N) is 1. The van der Waals surface area contributed by atoms with Crippen LogP contribution in [0.5, 0.6) is 0 Å². The molecule has 1 aliphatic heterocycles. The van der Waals surface area contributed by atoms with E-state index in [1.165, 1.54) is 5.56 Å². The molecule has 1 unspecified atom stereocenters. The van der Waals surface area contributed by atoms with Crippen LogP contribution in [0.25, 0.3) is 5.69 Å². The number of rotatable bonds is 3. The fourth-order valence-electron chi connectivity index (χ4n) is 3.13. The Labute approximate surface area is 141 Å². The number of hydrogen-bond donors (Lipinski definition) is 1. The summed E-state index contributed by atoms with van der Waals surface area (Å²) in [6, 6.07) is 7.99. The number of aryl methyl sites for hydroxylation is 1. The molecular weight excluding hydrogens is 304 g/mol.